The molecule has 182 valence electrons. The predicted octanol–water partition coefficient (Wildman–Crippen LogP) is 5.67. The monoisotopic (exact) mass is 475 g/mol. The van der Waals surface area contributed by atoms with Gasteiger partial charge in [-0.3, -0.25) is 0 Å². The fourth-order valence-electron chi connectivity index (χ4n) is 7.41. The van der Waals surface area contributed by atoms with E-state index in [0.29, 0.717) is 5.92 Å². The quantitative estimate of drug-likeness (QED) is 0.405. The second-order valence-electron chi connectivity index (χ2n) is 11.0. The van der Waals surface area contributed by atoms with Crippen LogP contribution in [0.15, 0.2) is 85.1 Å². The highest BCUT2D eigenvalue weighted by Crippen LogP contribution is 2.60. The summed E-state index contributed by atoms with van der Waals surface area (Å²) in [7, 11) is 2.02. The van der Waals surface area contributed by atoms with Crippen molar-refractivity contribution < 1.29 is 5.11 Å². The Kier molecular flexibility index (Phi) is 5.16. The second kappa shape index (κ2) is 8.43. The van der Waals surface area contributed by atoms with E-state index in [-0.39, 0.29) is 11.3 Å². The number of rotatable bonds is 5. The third-order valence-corrected chi connectivity index (χ3v) is 9.19. The molecule has 1 aliphatic heterocycles. The summed E-state index contributed by atoms with van der Waals surface area (Å²) >= 11 is 0. The average Bonchev–Trinajstić information content (AvgIpc) is 3.58. The normalized spacial score (nSPS) is 24.0. The number of aliphatic hydroxyl groups is 1. The van der Waals surface area contributed by atoms with Gasteiger partial charge in [0.25, 0.3) is 0 Å². The van der Waals surface area contributed by atoms with Crippen molar-refractivity contribution in [3.63, 3.8) is 0 Å². The number of aromatic nitrogens is 2. The molecule has 36 heavy (non-hydrogen) atoms. The zero-order chi connectivity index (χ0) is 24.3. The van der Waals surface area contributed by atoms with Gasteiger partial charge in [0.2, 0.25) is 0 Å². The van der Waals surface area contributed by atoms with E-state index in [4.69, 9.17) is 0 Å². The zero-order valence-electron chi connectivity index (χ0n) is 20.8. The Morgan fingerprint density at radius 3 is 2.17 bits per heavy atom. The van der Waals surface area contributed by atoms with Crippen LogP contribution in [0.5, 0.6) is 0 Å². The highest BCUT2D eigenvalue weighted by atomic mass is 16.3. The van der Waals surface area contributed by atoms with Crippen molar-refractivity contribution in [2.45, 2.75) is 36.7 Å². The molecule has 1 N–H and O–H groups in total. The van der Waals surface area contributed by atoms with Crippen LogP contribution in [0.2, 0.25) is 0 Å². The number of imidazole rings is 1. The number of benzene rings is 3. The molecule has 4 nitrogen and oxygen atoms in total. The molecule has 0 unspecified atom stereocenters. The summed E-state index contributed by atoms with van der Waals surface area (Å²) < 4.78 is 2.07. The van der Waals surface area contributed by atoms with Gasteiger partial charge < -0.3 is 14.6 Å². The number of piperidine rings is 1. The maximum atomic E-state index is 11.3. The van der Waals surface area contributed by atoms with Crippen LogP contribution < -0.4 is 0 Å². The molecule has 3 aromatic carbocycles. The molecule has 2 bridgehead atoms. The highest BCUT2D eigenvalue weighted by Gasteiger charge is 2.53. The van der Waals surface area contributed by atoms with Gasteiger partial charge in [-0.1, -0.05) is 78.9 Å². The number of fused-ring (bicyclic) bond motifs is 8. The molecule has 1 aromatic heterocycles. The van der Waals surface area contributed by atoms with Crippen molar-refractivity contribution in [2.24, 2.45) is 13.0 Å². The summed E-state index contributed by atoms with van der Waals surface area (Å²) in [6.45, 7) is 3.13. The Morgan fingerprint density at radius 2 is 1.50 bits per heavy atom. The second-order valence-corrected chi connectivity index (χ2v) is 11.0. The molecule has 3 aliphatic rings. The maximum Gasteiger partial charge on any atom is 0.139 e. The lowest BCUT2D eigenvalue weighted by Gasteiger charge is -2.40. The van der Waals surface area contributed by atoms with E-state index in [1.807, 2.05) is 31.4 Å². The molecule has 2 heterocycles. The molecule has 0 amide bonds. The Morgan fingerprint density at radius 1 is 0.889 bits per heavy atom. The van der Waals surface area contributed by atoms with Gasteiger partial charge in [-0.15, -0.1) is 0 Å². The molecule has 0 radical (unpaired) electrons. The van der Waals surface area contributed by atoms with Gasteiger partial charge in [0, 0.05) is 30.5 Å². The summed E-state index contributed by atoms with van der Waals surface area (Å²) in [5.41, 5.74) is 8.26. The molecule has 0 saturated carbocycles. The van der Waals surface area contributed by atoms with E-state index in [1.165, 1.54) is 17.5 Å². The SMILES string of the molecule is Cn1c([C@@H](O)C2CCN(CC34CC(c5ccccc53)c3ccccc34)CC2)cnc1-c1ccccc1. The first kappa shape index (κ1) is 22.0. The molecule has 1 saturated heterocycles. The first-order chi connectivity index (χ1) is 17.7. The standard InChI is InChI=1S/C32H33N3O/c1-34-29(20-33-31(34)23-9-3-2-4-10-23)30(36)22-15-17-35(18-16-22)21-32-19-26(24-11-5-7-13-27(24)32)25-12-6-8-14-28(25)32/h2-14,20,22,26,30,36H,15-19,21H2,1H3/t26?,30-,32?/m0/s1. The van der Waals surface area contributed by atoms with E-state index >= 15 is 0 Å². The smallest absolute Gasteiger partial charge is 0.139 e. The summed E-state index contributed by atoms with van der Waals surface area (Å²) in [4.78, 5) is 7.30. The van der Waals surface area contributed by atoms with Crippen LogP contribution in [0.3, 0.4) is 0 Å². The van der Waals surface area contributed by atoms with E-state index in [2.05, 4.69) is 75.1 Å². The van der Waals surface area contributed by atoms with Crippen LogP contribution >= 0.6 is 0 Å². The van der Waals surface area contributed by atoms with Crippen LogP contribution in [0.1, 0.15) is 59.2 Å². The molecular weight excluding hydrogens is 442 g/mol. The Labute approximate surface area is 213 Å². The topological polar surface area (TPSA) is 41.3 Å². The van der Waals surface area contributed by atoms with Crippen molar-refractivity contribution in [1.82, 2.24) is 14.5 Å². The minimum Gasteiger partial charge on any atom is -0.387 e. The van der Waals surface area contributed by atoms with Gasteiger partial charge in [0.15, 0.2) is 0 Å². The molecule has 4 aromatic rings. The zero-order valence-corrected chi connectivity index (χ0v) is 20.8. The average molecular weight is 476 g/mol. The fraction of sp³-hybridized carbons (Fsp3) is 0.344. The largest absolute Gasteiger partial charge is 0.387 e. The van der Waals surface area contributed by atoms with Crippen molar-refractivity contribution in [1.29, 1.82) is 0 Å². The van der Waals surface area contributed by atoms with E-state index in [0.717, 1.165) is 49.6 Å². The van der Waals surface area contributed by atoms with Gasteiger partial charge in [-0.05, 0) is 60.5 Å². The molecule has 1 atom stereocenters. The molecule has 2 aliphatic carbocycles. The lowest BCUT2D eigenvalue weighted by atomic mass is 9.74. The van der Waals surface area contributed by atoms with Gasteiger partial charge in [-0.25, -0.2) is 4.98 Å². The minimum absolute atomic E-state index is 0.107. The lowest BCUT2D eigenvalue weighted by Crippen LogP contribution is -2.44. The van der Waals surface area contributed by atoms with Gasteiger partial charge in [0.1, 0.15) is 5.82 Å². The van der Waals surface area contributed by atoms with E-state index in [1.54, 1.807) is 11.1 Å². The predicted molar refractivity (Wildman–Crippen MR) is 143 cm³/mol. The number of nitrogens with zero attached hydrogens (tertiary/aromatic N) is 3. The van der Waals surface area contributed by atoms with E-state index in [9.17, 15) is 5.11 Å². The van der Waals surface area contributed by atoms with Crippen molar-refractivity contribution in [2.75, 3.05) is 19.6 Å². The Bertz CT molecular complexity index is 1350. The first-order valence-corrected chi connectivity index (χ1v) is 13.3. The van der Waals surface area contributed by atoms with E-state index < -0.39 is 6.10 Å². The maximum absolute atomic E-state index is 11.3. The summed E-state index contributed by atoms with van der Waals surface area (Å²) in [5.74, 6) is 1.72. The van der Waals surface area contributed by atoms with Crippen molar-refractivity contribution in [3.8, 4) is 11.4 Å². The summed E-state index contributed by atoms with van der Waals surface area (Å²) in [6, 6.07) is 28.5. The van der Waals surface area contributed by atoms with Crippen LogP contribution in [0.4, 0.5) is 0 Å². The van der Waals surface area contributed by atoms with Crippen LogP contribution in [0, 0.1) is 5.92 Å². The molecule has 1 fully saturated rings. The number of likely N-dealkylation sites (tertiary alicyclic amines) is 1. The van der Waals surface area contributed by atoms with Gasteiger partial charge >= 0.3 is 0 Å². The Hall–Kier alpha value is -3.21. The van der Waals surface area contributed by atoms with Crippen molar-refractivity contribution >= 4 is 0 Å². The number of hydrogen-bond donors (Lipinski definition) is 1. The molecule has 7 rings (SSSR count). The number of hydrogen-bond acceptors (Lipinski definition) is 3. The van der Waals surface area contributed by atoms with Crippen LogP contribution in [-0.4, -0.2) is 39.2 Å². The highest BCUT2D eigenvalue weighted by molar-refractivity contribution is 5.63. The summed E-state index contributed by atoms with van der Waals surface area (Å²) in [5, 5.41) is 11.3. The number of aliphatic hydroxyl groups excluding tert-OH is 1. The third kappa shape index (κ3) is 3.24. The molecule has 0 spiro atoms. The third-order valence-electron chi connectivity index (χ3n) is 9.19. The Balaban J connectivity index is 1.08. The van der Waals surface area contributed by atoms with Gasteiger partial charge in [-0.2, -0.15) is 0 Å². The lowest BCUT2D eigenvalue weighted by molar-refractivity contribution is 0.0497. The molecular formula is C32H33N3O. The minimum atomic E-state index is -0.482. The summed E-state index contributed by atoms with van der Waals surface area (Å²) in [6.07, 6.45) is 4.60. The van der Waals surface area contributed by atoms with Crippen LogP contribution in [-0.2, 0) is 12.5 Å². The molecule has 4 heteroatoms. The van der Waals surface area contributed by atoms with Crippen LogP contribution in [0.25, 0.3) is 11.4 Å². The van der Waals surface area contributed by atoms with Gasteiger partial charge in [0.05, 0.1) is 18.0 Å². The first-order valence-electron chi connectivity index (χ1n) is 13.3. The fourth-order valence-corrected chi connectivity index (χ4v) is 7.41. The van der Waals surface area contributed by atoms with Crippen molar-refractivity contribution in [3.05, 3.63) is 113 Å².